The highest BCUT2D eigenvalue weighted by Gasteiger charge is 2.32. The molecule has 1 unspecified atom stereocenters. The zero-order valence-corrected chi connectivity index (χ0v) is 15.9. The fourth-order valence-electron chi connectivity index (χ4n) is 3.55. The molecule has 1 aliphatic heterocycles. The van der Waals surface area contributed by atoms with Gasteiger partial charge in [-0.15, -0.1) is 11.3 Å². The summed E-state index contributed by atoms with van der Waals surface area (Å²) in [4.78, 5) is 24.6. The lowest BCUT2D eigenvalue weighted by Gasteiger charge is -2.24. The second kappa shape index (κ2) is 7.56. The Hall–Kier alpha value is -2.60. The Labute approximate surface area is 161 Å². The van der Waals surface area contributed by atoms with Gasteiger partial charge in [-0.2, -0.15) is 0 Å². The first-order valence-corrected chi connectivity index (χ1v) is 9.91. The summed E-state index contributed by atoms with van der Waals surface area (Å²) in [5, 5.41) is 0. The van der Waals surface area contributed by atoms with Gasteiger partial charge in [0.15, 0.2) is 0 Å². The van der Waals surface area contributed by atoms with Crippen LogP contribution < -0.4 is 0 Å². The minimum absolute atomic E-state index is 0.00725. The third kappa shape index (κ3) is 3.76. The van der Waals surface area contributed by atoms with Crippen LogP contribution in [0, 0.1) is 12.7 Å². The molecule has 2 aromatic heterocycles. The number of rotatable bonds is 4. The van der Waals surface area contributed by atoms with Crippen molar-refractivity contribution in [2.75, 3.05) is 6.54 Å². The van der Waals surface area contributed by atoms with Crippen LogP contribution in [0.2, 0.25) is 0 Å². The van der Waals surface area contributed by atoms with Crippen molar-refractivity contribution in [2.24, 2.45) is 0 Å². The molecule has 0 spiro atoms. The molecule has 1 aliphatic rings. The molecule has 1 fully saturated rings. The Morgan fingerprint density at radius 3 is 2.81 bits per heavy atom. The Balaban J connectivity index is 1.56. The number of amides is 1. The summed E-state index contributed by atoms with van der Waals surface area (Å²) in [6, 6.07) is 12.4. The zero-order valence-electron chi connectivity index (χ0n) is 15.1. The summed E-state index contributed by atoms with van der Waals surface area (Å²) < 4.78 is 13.1. The number of pyridine rings is 1. The lowest BCUT2D eigenvalue weighted by Crippen LogP contribution is -2.31. The molecule has 6 heteroatoms. The van der Waals surface area contributed by atoms with Gasteiger partial charge in [-0.1, -0.05) is 18.2 Å². The van der Waals surface area contributed by atoms with Gasteiger partial charge < -0.3 is 4.90 Å². The molecule has 1 aromatic carbocycles. The number of aryl methyl sites for hydroxylation is 1. The predicted octanol–water partition coefficient (Wildman–Crippen LogP) is 4.55. The molecular formula is C21H20FN3OS. The number of nitrogens with zero attached hydrogens (tertiary/aromatic N) is 3. The minimum atomic E-state index is -0.237. The van der Waals surface area contributed by atoms with E-state index >= 15 is 0 Å². The highest BCUT2D eigenvalue weighted by molar-refractivity contribution is 7.11. The summed E-state index contributed by atoms with van der Waals surface area (Å²) in [5.74, 6) is -0.192. The number of benzene rings is 1. The van der Waals surface area contributed by atoms with Crippen LogP contribution in [0.25, 0.3) is 0 Å². The van der Waals surface area contributed by atoms with Gasteiger partial charge in [0, 0.05) is 18.7 Å². The van der Waals surface area contributed by atoms with Crippen LogP contribution in [-0.4, -0.2) is 27.3 Å². The van der Waals surface area contributed by atoms with Crippen LogP contribution in [0.5, 0.6) is 0 Å². The van der Waals surface area contributed by atoms with E-state index in [2.05, 4.69) is 4.98 Å². The summed E-state index contributed by atoms with van der Waals surface area (Å²) in [6.07, 6.45) is 2.53. The van der Waals surface area contributed by atoms with Crippen molar-refractivity contribution >= 4 is 17.2 Å². The number of carbonyl (C=O) groups excluding carboxylic acids is 1. The number of thiazole rings is 1. The van der Waals surface area contributed by atoms with E-state index in [4.69, 9.17) is 4.98 Å². The molecule has 3 aromatic rings. The van der Waals surface area contributed by atoms with E-state index in [-0.39, 0.29) is 17.8 Å². The maximum Gasteiger partial charge on any atom is 0.266 e. The number of carbonyl (C=O) groups is 1. The molecule has 0 N–H and O–H groups in total. The Morgan fingerprint density at radius 2 is 2.07 bits per heavy atom. The van der Waals surface area contributed by atoms with Gasteiger partial charge in [0.25, 0.3) is 5.91 Å². The second-order valence-corrected chi connectivity index (χ2v) is 7.64. The molecule has 0 aliphatic carbocycles. The first-order chi connectivity index (χ1) is 13.1. The summed E-state index contributed by atoms with van der Waals surface area (Å²) in [5.41, 5.74) is 5.36. The van der Waals surface area contributed by atoms with E-state index in [0.717, 1.165) is 42.0 Å². The largest absolute Gasteiger partial charge is 0.329 e. The normalized spacial score (nSPS) is 16.7. The minimum Gasteiger partial charge on any atom is -0.329 e. The Kier molecular flexibility index (Phi) is 4.99. The molecule has 0 bridgehead atoms. The Morgan fingerprint density at radius 1 is 1.26 bits per heavy atom. The summed E-state index contributed by atoms with van der Waals surface area (Å²) in [7, 11) is 0. The molecule has 27 heavy (non-hydrogen) atoms. The summed E-state index contributed by atoms with van der Waals surface area (Å²) >= 11 is 1.39. The van der Waals surface area contributed by atoms with Crippen molar-refractivity contribution in [3.63, 3.8) is 0 Å². The topological polar surface area (TPSA) is 46.1 Å². The van der Waals surface area contributed by atoms with Crippen LogP contribution in [0.4, 0.5) is 4.39 Å². The molecule has 138 valence electrons. The predicted molar refractivity (Wildman–Crippen MR) is 103 cm³/mol. The number of aromatic nitrogens is 2. The average Bonchev–Trinajstić information content (AvgIpc) is 3.32. The second-order valence-electron chi connectivity index (χ2n) is 6.78. The van der Waals surface area contributed by atoms with Crippen molar-refractivity contribution in [3.8, 4) is 0 Å². The first-order valence-electron chi connectivity index (χ1n) is 9.03. The van der Waals surface area contributed by atoms with Crippen LogP contribution >= 0.6 is 11.3 Å². The molecule has 1 amide bonds. The molecule has 4 rings (SSSR count). The van der Waals surface area contributed by atoms with E-state index in [9.17, 15) is 9.18 Å². The fourth-order valence-corrected chi connectivity index (χ4v) is 4.31. The third-order valence-electron chi connectivity index (χ3n) is 4.92. The fraction of sp³-hybridized carbons (Fsp3) is 0.286. The van der Waals surface area contributed by atoms with Gasteiger partial charge in [-0.05, 0) is 49.6 Å². The first kappa shape index (κ1) is 17.8. The maximum absolute atomic E-state index is 13.1. The van der Waals surface area contributed by atoms with Crippen LogP contribution in [-0.2, 0) is 6.42 Å². The molecule has 1 atom stereocenters. The molecular weight excluding hydrogens is 361 g/mol. The smallest absolute Gasteiger partial charge is 0.266 e. The lowest BCUT2D eigenvalue weighted by molar-refractivity contribution is 0.0736. The number of halogens is 1. The summed E-state index contributed by atoms with van der Waals surface area (Å²) in [6.45, 7) is 2.61. The average molecular weight is 381 g/mol. The monoisotopic (exact) mass is 381 g/mol. The van der Waals surface area contributed by atoms with E-state index < -0.39 is 0 Å². The number of likely N-dealkylation sites (tertiary alicyclic amines) is 1. The van der Waals surface area contributed by atoms with Crippen LogP contribution in [0.1, 0.15) is 51.2 Å². The van der Waals surface area contributed by atoms with Gasteiger partial charge in [-0.3, -0.25) is 9.78 Å². The van der Waals surface area contributed by atoms with Gasteiger partial charge in [-0.25, -0.2) is 9.37 Å². The molecule has 1 saturated heterocycles. The van der Waals surface area contributed by atoms with E-state index in [1.807, 2.05) is 30.0 Å². The van der Waals surface area contributed by atoms with Gasteiger partial charge in [0.2, 0.25) is 0 Å². The SMILES string of the molecule is Cc1ncsc1C(=O)N1CCCC1c1cccc(Cc2ccc(F)cc2)n1. The van der Waals surface area contributed by atoms with E-state index in [1.54, 1.807) is 17.6 Å². The van der Waals surface area contributed by atoms with E-state index in [1.165, 1.54) is 23.5 Å². The maximum atomic E-state index is 13.1. The van der Waals surface area contributed by atoms with Crippen molar-refractivity contribution < 1.29 is 9.18 Å². The van der Waals surface area contributed by atoms with Crippen molar-refractivity contribution in [3.05, 3.63) is 81.3 Å². The standard InChI is InChI=1S/C21H20FN3OS/c1-14-20(27-13-23-14)21(26)25-11-3-6-19(25)18-5-2-4-17(24-18)12-15-7-9-16(22)10-8-15/h2,4-5,7-10,13,19H,3,6,11-12H2,1H3. The highest BCUT2D eigenvalue weighted by Crippen LogP contribution is 2.33. The van der Waals surface area contributed by atoms with Crippen molar-refractivity contribution in [1.82, 2.24) is 14.9 Å². The van der Waals surface area contributed by atoms with Crippen molar-refractivity contribution in [2.45, 2.75) is 32.2 Å². The molecule has 0 saturated carbocycles. The number of hydrogen-bond donors (Lipinski definition) is 0. The van der Waals surface area contributed by atoms with Gasteiger partial charge in [0.1, 0.15) is 10.7 Å². The van der Waals surface area contributed by atoms with Gasteiger partial charge >= 0.3 is 0 Å². The van der Waals surface area contributed by atoms with E-state index in [0.29, 0.717) is 11.3 Å². The van der Waals surface area contributed by atoms with Gasteiger partial charge in [0.05, 0.1) is 22.9 Å². The quantitative estimate of drug-likeness (QED) is 0.666. The molecule has 4 nitrogen and oxygen atoms in total. The molecule has 0 radical (unpaired) electrons. The Bertz CT molecular complexity index is 954. The lowest BCUT2D eigenvalue weighted by atomic mass is 10.1. The number of hydrogen-bond acceptors (Lipinski definition) is 4. The zero-order chi connectivity index (χ0) is 18.8. The highest BCUT2D eigenvalue weighted by atomic mass is 32.1. The van der Waals surface area contributed by atoms with Crippen LogP contribution in [0.15, 0.2) is 48.0 Å². The molecule has 3 heterocycles. The third-order valence-corrected chi connectivity index (χ3v) is 5.84. The van der Waals surface area contributed by atoms with Crippen molar-refractivity contribution in [1.29, 1.82) is 0 Å². The van der Waals surface area contributed by atoms with Crippen LogP contribution in [0.3, 0.4) is 0 Å².